The van der Waals surface area contributed by atoms with Gasteiger partial charge in [-0.15, -0.1) is 0 Å². The molecule has 2 heterocycles. The second-order valence-corrected chi connectivity index (χ2v) is 5.80. The van der Waals surface area contributed by atoms with E-state index in [1.54, 1.807) is 6.20 Å². The van der Waals surface area contributed by atoms with E-state index in [1.165, 1.54) is 17.1 Å². The van der Waals surface area contributed by atoms with Gasteiger partial charge in [-0.3, -0.25) is 4.79 Å². The largest absolute Gasteiger partial charge is 0.361 e. The van der Waals surface area contributed by atoms with Crippen LogP contribution >= 0.6 is 0 Å². The Morgan fingerprint density at radius 3 is 2.68 bits per heavy atom. The van der Waals surface area contributed by atoms with Gasteiger partial charge in [0.1, 0.15) is 11.5 Å². The lowest BCUT2D eigenvalue weighted by Gasteiger charge is -2.18. The molecule has 0 saturated heterocycles. The van der Waals surface area contributed by atoms with Gasteiger partial charge in [-0.05, 0) is 31.9 Å². The first-order valence-corrected chi connectivity index (χ1v) is 8.63. The minimum absolute atomic E-state index is 0.196. The molecule has 0 spiro atoms. The van der Waals surface area contributed by atoms with Crippen molar-refractivity contribution < 1.29 is 4.79 Å². The molecule has 6 heteroatoms. The van der Waals surface area contributed by atoms with E-state index in [1.807, 2.05) is 24.4 Å². The molecule has 0 aliphatic heterocycles. The molecule has 0 radical (unpaired) electrons. The zero-order chi connectivity index (χ0) is 17.6. The van der Waals surface area contributed by atoms with Crippen molar-refractivity contribution >= 4 is 22.6 Å². The molecule has 0 bridgehead atoms. The van der Waals surface area contributed by atoms with Crippen LogP contribution in [-0.4, -0.2) is 40.5 Å². The number of aromatic nitrogens is 3. The molecule has 2 N–H and O–H groups in total. The average Bonchev–Trinajstić information content (AvgIpc) is 3.06. The van der Waals surface area contributed by atoms with Crippen LogP contribution in [0.3, 0.4) is 0 Å². The third-order valence-electron chi connectivity index (χ3n) is 4.31. The number of carbonyl (C=O) groups is 1. The second kappa shape index (κ2) is 7.79. The Kier molecular flexibility index (Phi) is 5.28. The number of nitrogens with zero attached hydrogens (tertiary/aromatic N) is 3. The summed E-state index contributed by atoms with van der Waals surface area (Å²) in [6.07, 6.45) is 5.95. The smallest absolute Gasteiger partial charge is 0.271 e. The maximum Gasteiger partial charge on any atom is 0.271 e. The van der Waals surface area contributed by atoms with Crippen LogP contribution in [-0.2, 0) is 6.42 Å². The highest BCUT2D eigenvalue weighted by molar-refractivity contribution is 5.92. The van der Waals surface area contributed by atoms with E-state index in [0.717, 1.165) is 30.8 Å². The van der Waals surface area contributed by atoms with Gasteiger partial charge < -0.3 is 15.2 Å². The Balaban J connectivity index is 1.57. The summed E-state index contributed by atoms with van der Waals surface area (Å²) in [5, 5.41) is 4.10. The van der Waals surface area contributed by atoms with Crippen LogP contribution in [0.2, 0.25) is 0 Å². The van der Waals surface area contributed by atoms with Crippen LogP contribution in [0, 0.1) is 0 Å². The number of amides is 1. The Labute approximate surface area is 147 Å². The molecule has 2 aromatic heterocycles. The molecule has 0 unspecified atom stereocenters. The minimum Gasteiger partial charge on any atom is -0.361 e. The summed E-state index contributed by atoms with van der Waals surface area (Å²) in [5.41, 5.74) is 2.65. The Morgan fingerprint density at radius 2 is 1.96 bits per heavy atom. The predicted octanol–water partition coefficient (Wildman–Crippen LogP) is 2.78. The van der Waals surface area contributed by atoms with Crippen LogP contribution in [0.15, 0.2) is 42.9 Å². The fourth-order valence-electron chi connectivity index (χ4n) is 2.89. The molecular weight excluding hydrogens is 314 g/mol. The standard InChI is InChI=1S/C19H23N5O/c1-3-24(4-2)18-13-22-17(12-23-18)19(25)20-10-9-14-11-21-16-8-6-5-7-15(14)16/h5-8,11-13,21H,3-4,9-10H2,1-2H3,(H,20,25). The predicted molar refractivity (Wildman–Crippen MR) is 99.9 cm³/mol. The molecule has 25 heavy (non-hydrogen) atoms. The van der Waals surface area contributed by atoms with Crippen molar-refractivity contribution in [3.05, 3.63) is 54.1 Å². The molecule has 3 aromatic rings. The summed E-state index contributed by atoms with van der Waals surface area (Å²) >= 11 is 0. The highest BCUT2D eigenvalue weighted by Gasteiger charge is 2.10. The molecule has 130 valence electrons. The number of benzene rings is 1. The lowest BCUT2D eigenvalue weighted by molar-refractivity contribution is 0.0949. The maximum atomic E-state index is 12.2. The number of carbonyl (C=O) groups excluding carboxylic acids is 1. The van der Waals surface area contributed by atoms with Gasteiger partial charge in [0.2, 0.25) is 0 Å². The van der Waals surface area contributed by atoms with Gasteiger partial charge in [-0.25, -0.2) is 9.97 Å². The molecule has 3 rings (SSSR count). The van der Waals surface area contributed by atoms with E-state index in [2.05, 4.69) is 45.1 Å². The highest BCUT2D eigenvalue weighted by Crippen LogP contribution is 2.17. The van der Waals surface area contributed by atoms with Crippen LogP contribution in [0.1, 0.15) is 29.9 Å². The van der Waals surface area contributed by atoms with E-state index in [0.29, 0.717) is 12.2 Å². The van der Waals surface area contributed by atoms with Crippen molar-refractivity contribution in [3.8, 4) is 0 Å². The van der Waals surface area contributed by atoms with Crippen molar-refractivity contribution in [1.82, 2.24) is 20.3 Å². The van der Waals surface area contributed by atoms with Gasteiger partial charge in [0.25, 0.3) is 5.91 Å². The lowest BCUT2D eigenvalue weighted by Crippen LogP contribution is -2.27. The van der Waals surface area contributed by atoms with E-state index in [9.17, 15) is 4.79 Å². The first-order chi connectivity index (χ1) is 12.2. The van der Waals surface area contributed by atoms with Gasteiger partial charge in [0, 0.05) is 36.7 Å². The molecule has 1 amide bonds. The van der Waals surface area contributed by atoms with Gasteiger partial charge >= 0.3 is 0 Å². The van der Waals surface area contributed by atoms with E-state index in [-0.39, 0.29) is 5.91 Å². The number of fused-ring (bicyclic) bond motifs is 1. The maximum absolute atomic E-state index is 12.2. The van der Waals surface area contributed by atoms with E-state index in [4.69, 9.17) is 0 Å². The number of H-pyrrole nitrogens is 1. The third-order valence-corrected chi connectivity index (χ3v) is 4.31. The van der Waals surface area contributed by atoms with Crippen molar-refractivity contribution in [2.24, 2.45) is 0 Å². The third kappa shape index (κ3) is 3.79. The van der Waals surface area contributed by atoms with Crippen molar-refractivity contribution in [2.45, 2.75) is 20.3 Å². The normalized spacial score (nSPS) is 10.8. The number of nitrogens with one attached hydrogen (secondary N) is 2. The Bertz CT molecular complexity index is 836. The number of para-hydroxylation sites is 1. The molecule has 0 saturated carbocycles. The molecular formula is C19H23N5O. The van der Waals surface area contributed by atoms with Crippen LogP contribution in [0.4, 0.5) is 5.82 Å². The van der Waals surface area contributed by atoms with E-state index < -0.39 is 0 Å². The summed E-state index contributed by atoms with van der Waals surface area (Å²) in [6, 6.07) is 8.15. The molecule has 0 aliphatic carbocycles. The zero-order valence-electron chi connectivity index (χ0n) is 14.6. The zero-order valence-corrected chi connectivity index (χ0v) is 14.6. The van der Waals surface area contributed by atoms with E-state index >= 15 is 0 Å². The number of hydrogen-bond acceptors (Lipinski definition) is 4. The minimum atomic E-state index is -0.196. The monoisotopic (exact) mass is 337 g/mol. The van der Waals surface area contributed by atoms with Gasteiger partial charge in [0.15, 0.2) is 0 Å². The van der Waals surface area contributed by atoms with Gasteiger partial charge in [-0.1, -0.05) is 18.2 Å². The summed E-state index contributed by atoms with van der Waals surface area (Å²) in [5.74, 6) is 0.596. The molecule has 6 nitrogen and oxygen atoms in total. The first-order valence-electron chi connectivity index (χ1n) is 8.63. The Morgan fingerprint density at radius 1 is 1.16 bits per heavy atom. The SMILES string of the molecule is CCN(CC)c1cnc(C(=O)NCCc2c[nH]c3ccccc23)cn1. The van der Waals surface area contributed by atoms with Gasteiger partial charge in [0.05, 0.1) is 12.4 Å². The highest BCUT2D eigenvalue weighted by atomic mass is 16.1. The van der Waals surface area contributed by atoms with Gasteiger partial charge in [-0.2, -0.15) is 0 Å². The quantitative estimate of drug-likeness (QED) is 0.695. The van der Waals surface area contributed by atoms with Crippen molar-refractivity contribution in [1.29, 1.82) is 0 Å². The molecule has 1 aromatic carbocycles. The lowest BCUT2D eigenvalue weighted by atomic mass is 10.1. The number of aromatic amines is 1. The summed E-state index contributed by atoms with van der Waals surface area (Å²) in [7, 11) is 0. The first kappa shape index (κ1) is 17.0. The number of rotatable bonds is 7. The number of anilines is 1. The molecule has 0 aliphatic rings. The van der Waals surface area contributed by atoms with Crippen molar-refractivity contribution in [2.75, 3.05) is 24.5 Å². The summed E-state index contributed by atoms with van der Waals surface area (Å²) in [6.45, 7) is 6.41. The van der Waals surface area contributed by atoms with Crippen molar-refractivity contribution in [3.63, 3.8) is 0 Å². The topological polar surface area (TPSA) is 73.9 Å². The second-order valence-electron chi connectivity index (χ2n) is 5.80. The summed E-state index contributed by atoms with van der Waals surface area (Å²) < 4.78 is 0. The molecule has 0 atom stereocenters. The van der Waals surface area contributed by atoms with Crippen LogP contribution in [0.25, 0.3) is 10.9 Å². The fraction of sp³-hybridized carbons (Fsp3) is 0.316. The number of hydrogen-bond donors (Lipinski definition) is 2. The Hall–Kier alpha value is -2.89. The van der Waals surface area contributed by atoms with Crippen LogP contribution < -0.4 is 10.2 Å². The molecule has 0 fully saturated rings. The fourth-order valence-corrected chi connectivity index (χ4v) is 2.89. The van der Waals surface area contributed by atoms with Crippen LogP contribution in [0.5, 0.6) is 0 Å². The average molecular weight is 337 g/mol. The summed E-state index contributed by atoms with van der Waals surface area (Å²) in [4.78, 5) is 26.1.